The van der Waals surface area contributed by atoms with Crippen LogP contribution in [0.25, 0.3) is 0 Å². The molecule has 0 aliphatic heterocycles. The highest BCUT2D eigenvalue weighted by molar-refractivity contribution is 5.48. The van der Waals surface area contributed by atoms with Crippen molar-refractivity contribution >= 4 is 5.82 Å². The maximum Gasteiger partial charge on any atom is 0.222 e. The Balaban J connectivity index is 2.18. The first-order valence-corrected chi connectivity index (χ1v) is 8.00. The summed E-state index contributed by atoms with van der Waals surface area (Å²) < 4.78 is 6.25. The van der Waals surface area contributed by atoms with Gasteiger partial charge in [-0.05, 0) is 38.5 Å². The largest absolute Gasteiger partial charge is 0.474 e. The Morgan fingerprint density at radius 1 is 1.25 bits per heavy atom. The Morgan fingerprint density at radius 3 is 2.75 bits per heavy atom. The van der Waals surface area contributed by atoms with E-state index in [4.69, 9.17) is 4.74 Å². The fraction of sp³-hybridized carbons (Fsp3) is 0.750. The molecule has 0 saturated heterocycles. The molecule has 4 heteroatoms. The molecule has 20 heavy (non-hydrogen) atoms. The van der Waals surface area contributed by atoms with Crippen LogP contribution in [0, 0.1) is 5.92 Å². The van der Waals surface area contributed by atoms with Gasteiger partial charge in [0.05, 0.1) is 5.56 Å². The zero-order valence-electron chi connectivity index (χ0n) is 13.0. The van der Waals surface area contributed by atoms with Gasteiger partial charge in [-0.25, -0.2) is 9.97 Å². The summed E-state index contributed by atoms with van der Waals surface area (Å²) >= 11 is 0. The lowest BCUT2D eigenvalue weighted by Crippen LogP contribution is -2.29. The maximum absolute atomic E-state index is 6.25. The Hall–Kier alpha value is -1.32. The van der Waals surface area contributed by atoms with E-state index in [2.05, 4.69) is 36.1 Å². The summed E-state index contributed by atoms with van der Waals surface area (Å²) in [5.74, 6) is 2.34. The maximum atomic E-state index is 6.25. The summed E-state index contributed by atoms with van der Waals surface area (Å²) in [5, 5.41) is 3.32. The van der Waals surface area contributed by atoms with Crippen molar-refractivity contribution in [1.82, 2.24) is 9.97 Å². The second-order valence-corrected chi connectivity index (χ2v) is 5.70. The highest BCUT2D eigenvalue weighted by atomic mass is 16.5. The highest BCUT2D eigenvalue weighted by Gasteiger charge is 2.24. The van der Waals surface area contributed by atoms with E-state index in [1.165, 1.54) is 19.3 Å². The van der Waals surface area contributed by atoms with Crippen LogP contribution in [0.4, 0.5) is 5.82 Å². The van der Waals surface area contributed by atoms with Crippen LogP contribution in [0.2, 0.25) is 0 Å². The van der Waals surface area contributed by atoms with Crippen LogP contribution >= 0.6 is 0 Å². The lowest BCUT2D eigenvalue weighted by atomic mass is 9.88. The zero-order valence-corrected chi connectivity index (χ0v) is 13.0. The van der Waals surface area contributed by atoms with Crippen molar-refractivity contribution < 1.29 is 4.74 Å². The van der Waals surface area contributed by atoms with Crippen LogP contribution in [0.3, 0.4) is 0 Å². The van der Waals surface area contributed by atoms with Crippen LogP contribution in [-0.2, 0) is 6.42 Å². The van der Waals surface area contributed by atoms with Crippen LogP contribution in [0.1, 0.15) is 58.4 Å². The van der Waals surface area contributed by atoms with Gasteiger partial charge in [0.15, 0.2) is 0 Å². The normalized spacial score (nSPS) is 22.6. The van der Waals surface area contributed by atoms with Crippen molar-refractivity contribution in [1.29, 1.82) is 0 Å². The van der Waals surface area contributed by atoms with Crippen LogP contribution in [-0.4, -0.2) is 22.6 Å². The molecule has 0 amide bonds. The molecule has 1 N–H and O–H groups in total. The van der Waals surface area contributed by atoms with Gasteiger partial charge < -0.3 is 10.1 Å². The molecule has 2 atom stereocenters. The molecule has 1 aliphatic rings. The second kappa shape index (κ2) is 7.46. The minimum atomic E-state index is 0.309. The number of ether oxygens (including phenoxy) is 1. The summed E-state index contributed by atoms with van der Waals surface area (Å²) in [6.07, 6.45) is 8.95. The fourth-order valence-corrected chi connectivity index (χ4v) is 2.89. The highest BCUT2D eigenvalue weighted by Crippen LogP contribution is 2.30. The molecule has 1 aromatic heterocycles. The van der Waals surface area contributed by atoms with Gasteiger partial charge in [0, 0.05) is 6.54 Å². The van der Waals surface area contributed by atoms with Crippen molar-refractivity contribution in [3.8, 4) is 5.88 Å². The topological polar surface area (TPSA) is 47.0 Å². The van der Waals surface area contributed by atoms with E-state index in [0.29, 0.717) is 12.0 Å². The second-order valence-electron chi connectivity index (χ2n) is 5.70. The molecule has 2 rings (SSSR count). The van der Waals surface area contributed by atoms with Gasteiger partial charge in [-0.15, -0.1) is 0 Å². The van der Waals surface area contributed by atoms with Crippen molar-refractivity contribution in [2.24, 2.45) is 5.92 Å². The molecule has 4 nitrogen and oxygen atoms in total. The number of nitrogens with zero attached hydrogens (tertiary/aromatic N) is 2. The first kappa shape index (κ1) is 15.1. The van der Waals surface area contributed by atoms with Gasteiger partial charge in [-0.2, -0.15) is 0 Å². The minimum absolute atomic E-state index is 0.309. The first-order chi connectivity index (χ1) is 9.76. The molecule has 1 aliphatic carbocycles. The van der Waals surface area contributed by atoms with Gasteiger partial charge in [-0.1, -0.05) is 26.7 Å². The van der Waals surface area contributed by atoms with Gasteiger partial charge >= 0.3 is 0 Å². The molecule has 0 radical (unpaired) electrons. The van der Waals surface area contributed by atoms with E-state index >= 15 is 0 Å². The third kappa shape index (κ3) is 3.62. The average molecular weight is 277 g/mol. The van der Waals surface area contributed by atoms with Crippen molar-refractivity contribution in [2.75, 3.05) is 11.9 Å². The Labute approximate surface area is 122 Å². The number of nitrogens with one attached hydrogen (secondary N) is 1. The summed E-state index contributed by atoms with van der Waals surface area (Å²) in [6.45, 7) is 7.42. The number of hydrogen-bond acceptors (Lipinski definition) is 4. The lowest BCUT2D eigenvalue weighted by Gasteiger charge is -2.29. The third-order valence-corrected chi connectivity index (χ3v) is 4.05. The molecule has 1 aromatic rings. The molecule has 1 heterocycles. The summed E-state index contributed by atoms with van der Waals surface area (Å²) in [7, 11) is 0. The Kier molecular flexibility index (Phi) is 5.62. The van der Waals surface area contributed by atoms with Crippen molar-refractivity contribution in [3.05, 3.63) is 11.9 Å². The van der Waals surface area contributed by atoms with E-state index in [-0.39, 0.29) is 0 Å². The predicted molar refractivity (Wildman–Crippen MR) is 82.2 cm³/mol. The van der Waals surface area contributed by atoms with Gasteiger partial charge in [0.25, 0.3) is 0 Å². The number of rotatable bonds is 6. The molecule has 0 bridgehead atoms. The number of anilines is 1. The molecule has 1 fully saturated rings. The van der Waals surface area contributed by atoms with Gasteiger partial charge in [0.2, 0.25) is 5.88 Å². The third-order valence-electron chi connectivity index (χ3n) is 4.05. The summed E-state index contributed by atoms with van der Waals surface area (Å²) in [4.78, 5) is 8.75. The van der Waals surface area contributed by atoms with Gasteiger partial charge in [-0.3, -0.25) is 0 Å². The lowest BCUT2D eigenvalue weighted by molar-refractivity contribution is 0.0963. The fourth-order valence-electron chi connectivity index (χ4n) is 2.89. The van der Waals surface area contributed by atoms with E-state index in [0.717, 1.165) is 43.1 Å². The van der Waals surface area contributed by atoms with Crippen LogP contribution in [0.5, 0.6) is 5.88 Å². The number of aromatic nitrogens is 2. The molecule has 0 aromatic carbocycles. The molecule has 0 spiro atoms. The minimum Gasteiger partial charge on any atom is -0.474 e. The van der Waals surface area contributed by atoms with Crippen molar-refractivity contribution in [3.63, 3.8) is 0 Å². The summed E-state index contributed by atoms with van der Waals surface area (Å²) in [5.41, 5.74) is 1.13. The Bertz CT molecular complexity index is 422. The van der Waals surface area contributed by atoms with E-state index in [9.17, 15) is 0 Å². The van der Waals surface area contributed by atoms with Crippen LogP contribution < -0.4 is 10.1 Å². The molecular weight excluding hydrogens is 250 g/mol. The quantitative estimate of drug-likeness (QED) is 0.858. The van der Waals surface area contributed by atoms with E-state index < -0.39 is 0 Å². The molecule has 2 unspecified atom stereocenters. The summed E-state index contributed by atoms with van der Waals surface area (Å²) in [6, 6.07) is 0. The smallest absolute Gasteiger partial charge is 0.222 e. The Morgan fingerprint density at radius 2 is 2.05 bits per heavy atom. The molecule has 1 saturated carbocycles. The van der Waals surface area contributed by atoms with E-state index in [1.54, 1.807) is 6.33 Å². The van der Waals surface area contributed by atoms with Crippen molar-refractivity contribution in [2.45, 2.75) is 65.4 Å². The predicted octanol–water partition coefficient (Wildman–Crippen LogP) is 3.82. The average Bonchev–Trinajstić information content (AvgIpc) is 2.45. The standard InChI is InChI=1S/C16H27N3O/c1-4-8-13-15(17-5-2)18-11-19-16(13)20-14-10-7-6-9-12(14)3/h11-12,14H,4-10H2,1-3H3,(H,17,18,19). The van der Waals surface area contributed by atoms with Gasteiger partial charge in [0.1, 0.15) is 18.2 Å². The zero-order chi connectivity index (χ0) is 14.4. The van der Waals surface area contributed by atoms with E-state index in [1.807, 2.05) is 0 Å². The first-order valence-electron chi connectivity index (χ1n) is 8.00. The molecule has 112 valence electrons. The van der Waals surface area contributed by atoms with Crippen LogP contribution in [0.15, 0.2) is 6.33 Å². The monoisotopic (exact) mass is 277 g/mol. The SMILES string of the molecule is CCCc1c(NCC)ncnc1OC1CCCCC1C. The molecular formula is C16H27N3O. The number of hydrogen-bond donors (Lipinski definition) is 1.